The summed E-state index contributed by atoms with van der Waals surface area (Å²) in [6.45, 7) is 2.58. The van der Waals surface area contributed by atoms with Gasteiger partial charge in [-0.1, -0.05) is 25.1 Å². The molecule has 2 aromatic rings. The Bertz CT molecular complexity index is 496. The maximum Gasteiger partial charge on any atom is 0.133 e. The van der Waals surface area contributed by atoms with Crippen molar-refractivity contribution in [2.45, 2.75) is 19.9 Å². The highest BCUT2D eigenvalue weighted by molar-refractivity contribution is 5.60. The maximum atomic E-state index is 5.69. The minimum absolute atomic E-state index is 0.509. The Kier molecular flexibility index (Phi) is 3.67. The normalized spacial score (nSPS) is 10.2. The van der Waals surface area contributed by atoms with Crippen molar-refractivity contribution in [3.63, 3.8) is 0 Å². The number of rotatable bonds is 4. The van der Waals surface area contributed by atoms with E-state index >= 15 is 0 Å². The van der Waals surface area contributed by atoms with E-state index in [9.17, 15) is 0 Å². The van der Waals surface area contributed by atoms with Gasteiger partial charge < -0.3 is 11.1 Å². The largest absolute Gasteiger partial charge is 0.340 e. The van der Waals surface area contributed by atoms with Gasteiger partial charge in [0.1, 0.15) is 12.1 Å². The molecule has 0 amide bonds. The molecule has 0 fully saturated rings. The molecule has 4 nitrogen and oxygen atoms in total. The zero-order valence-electron chi connectivity index (χ0n) is 9.85. The van der Waals surface area contributed by atoms with E-state index in [-0.39, 0.29) is 0 Å². The highest BCUT2D eigenvalue weighted by Gasteiger charge is 2.02. The molecule has 0 bridgehead atoms. The molecular formula is C13H16N4. The van der Waals surface area contributed by atoms with Crippen LogP contribution in [0.1, 0.15) is 18.2 Å². The summed E-state index contributed by atoms with van der Waals surface area (Å²) in [5, 5.41) is 3.27. The Hall–Kier alpha value is -1.94. The van der Waals surface area contributed by atoms with Gasteiger partial charge in [0.15, 0.2) is 0 Å². The summed E-state index contributed by atoms with van der Waals surface area (Å²) in [6.07, 6.45) is 2.47. The number of para-hydroxylation sites is 1. The lowest BCUT2D eigenvalue weighted by Crippen LogP contribution is -2.03. The summed E-state index contributed by atoms with van der Waals surface area (Å²) in [6, 6.07) is 9.90. The van der Waals surface area contributed by atoms with Crippen LogP contribution >= 0.6 is 0 Å². The standard InChI is InChI=1S/C13H16N4/c1-2-11-7-13(16-9-15-11)17-12-6-4-3-5-10(12)8-14/h3-7,9H,2,8,14H2,1H3,(H,15,16,17). The van der Waals surface area contributed by atoms with E-state index in [1.165, 1.54) is 0 Å². The summed E-state index contributed by atoms with van der Waals surface area (Å²) in [4.78, 5) is 8.36. The molecule has 0 atom stereocenters. The van der Waals surface area contributed by atoms with Crippen molar-refractivity contribution >= 4 is 11.5 Å². The van der Waals surface area contributed by atoms with E-state index in [0.717, 1.165) is 29.2 Å². The number of nitrogens with two attached hydrogens (primary N) is 1. The quantitative estimate of drug-likeness (QED) is 0.842. The van der Waals surface area contributed by atoms with Crippen molar-refractivity contribution in [3.05, 3.63) is 47.9 Å². The second-order valence-electron chi connectivity index (χ2n) is 3.73. The number of hydrogen-bond acceptors (Lipinski definition) is 4. The van der Waals surface area contributed by atoms with Crippen LogP contribution < -0.4 is 11.1 Å². The first-order valence-electron chi connectivity index (χ1n) is 5.69. The number of benzene rings is 1. The monoisotopic (exact) mass is 228 g/mol. The Morgan fingerprint density at radius 1 is 1.24 bits per heavy atom. The average molecular weight is 228 g/mol. The van der Waals surface area contributed by atoms with Crippen LogP contribution in [0.2, 0.25) is 0 Å². The molecule has 1 aromatic heterocycles. The summed E-state index contributed by atoms with van der Waals surface area (Å²) >= 11 is 0. The topological polar surface area (TPSA) is 63.8 Å². The van der Waals surface area contributed by atoms with Gasteiger partial charge in [0.2, 0.25) is 0 Å². The predicted molar refractivity (Wildman–Crippen MR) is 69.0 cm³/mol. The molecule has 17 heavy (non-hydrogen) atoms. The van der Waals surface area contributed by atoms with Crippen LogP contribution in [0.15, 0.2) is 36.7 Å². The number of aromatic nitrogens is 2. The van der Waals surface area contributed by atoms with E-state index < -0.39 is 0 Å². The molecule has 1 aromatic carbocycles. The molecule has 0 aliphatic rings. The molecule has 0 saturated carbocycles. The summed E-state index contributed by atoms with van der Waals surface area (Å²) in [7, 11) is 0. The first kappa shape index (κ1) is 11.5. The van der Waals surface area contributed by atoms with Crippen molar-refractivity contribution in [1.29, 1.82) is 0 Å². The second kappa shape index (κ2) is 5.41. The van der Waals surface area contributed by atoms with Crippen LogP contribution in [-0.2, 0) is 13.0 Å². The number of hydrogen-bond donors (Lipinski definition) is 2. The molecule has 3 N–H and O–H groups in total. The highest BCUT2D eigenvalue weighted by atomic mass is 15.0. The molecule has 0 aliphatic heterocycles. The van der Waals surface area contributed by atoms with Gasteiger partial charge in [-0.3, -0.25) is 0 Å². The van der Waals surface area contributed by atoms with Crippen molar-refractivity contribution in [3.8, 4) is 0 Å². The minimum Gasteiger partial charge on any atom is -0.340 e. The fourth-order valence-corrected chi connectivity index (χ4v) is 1.62. The van der Waals surface area contributed by atoms with Crippen LogP contribution in [0.3, 0.4) is 0 Å². The smallest absolute Gasteiger partial charge is 0.133 e. The van der Waals surface area contributed by atoms with Crippen molar-refractivity contribution < 1.29 is 0 Å². The third-order valence-electron chi connectivity index (χ3n) is 2.59. The van der Waals surface area contributed by atoms with Crippen LogP contribution in [-0.4, -0.2) is 9.97 Å². The van der Waals surface area contributed by atoms with Crippen LogP contribution in [0, 0.1) is 0 Å². The van der Waals surface area contributed by atoms with Crippen molar-refractivity contribution in [2.24, 2.45) is 5.73 Å². The number of anilines is 2. The van der Waals surface area contributed by atoms with Crippen molar-refractivity contribution in [1.82, 2.24) is 9.97 Å². The van der Waals surface area contributed by atoms with Crippen molar-refractivity contribution in [2.75, 3.05) is 5.32 Å². The minimum atomic E-state index is 0.509. The van der Waals surface area contributed by atoms with Gasteiger partial charge in [0.05, 0.1) is 0 Å². The number of nitrogens with one attached hydrogen (secondary N) is 1. The zero-order chi connectivity index (χ0) is 12.1. The van der Waals surface area contributed by atoms with E-state index in [1.807, 2.05) is 30.3 Å². The van der Waals surface area contributed by atoms with Crippen LogP contribution in [0.5, 0.6) is 0 Å². The van der Waals surface area contributed by atoms with E-state index in [0.29, 0.717) is 6.54 Å². The molecule has 0 spiro atoms. The fraction of sp³-hybridized carbons (Fsp3) is 0.231. The van der Waals surface area contributed by atoms with Gasteiger partial charge >= 0.3 is 0 Å². The third kappa shape index (κ3) is 2.79. The van der Waals surface area contributed by atoms with Gasteiger partial charge in [0.25, 0.3) is 0 Å². The van der Waals surface area contributed by atoms with Gasteiger partial charge in [-0.2, -0.15) is 0 Å². The van der Waals surface area contributed by atoms with Gasteiger partial charge in [-0.25, -0.2) is 9.97 Å². The maximum absolute atomic E-state index is 5.69. The molecule has 2 rings (SSSR count). The summed E-state index contributed by atoms with van der Waals surface area (Å²) < 4.78 is 0. The van der Waals surface area contributed by atoms with Crippen LogP contribution in [0.25, 0.3) is 0 Å². The Morgan fingerprint density at radius 2 is 2.06 bits per heavy atom. The predicted octanol–water partition coefficient (Wildman–Crippen LogP) is 2.24. The molecule has 0 unspecified atom stereocenters. The highest BCUT2D eigenvalue weighted by Crippen LogP contribution is 2.19. The molecular weight excluding hydrogens is 212 g/mol. The average Bonchev–Trinajstić information content (AvgIpc) is 2.39. The number of aryl methyl sites for hydroxylation is 1. The lowest BCUT2D eigenvalue weighted by atomic mass is 10.2. The Labute approximate surface area is 101 Å². The lowest BCUT2D eigenvalue weighted by Gasteiger charge is -2.10. The lowest BCUT2D eigenvalue weighted by molar-refractivity contribution is 0.999. The molecule has 0 saturated heterocycles. The van der Waals surface area contributed by atoms with Gasteiger partial charge in [0, 0.05) is 24.0 Å². The van der Waals surface area contributed by atoms with Crippen LogP contribution in [0.4, 0.5) is 11.5 Å². The molecule has 4 heteroatoms. The Balaban J connectivity index is 2.24. The molecule has 0 radical (unpaired) electrons. The van der Waals surface area contributed by atoms with E-state index in [1.54, 1.807) is 6.33 Å². The molecule has 1 heterocycles. The SMILES string of the molecule is CCc1cc(Nc2ccccc2CN)ncn1. The van der Waals surface area contributed by atoms with E-state index in [4.69, 9.17) is 5.73 Å². The fourth-order valence-electron chi connectivity index (χ4n) is 1.62. The summed E-state index contributed by atoms with van der Waals surface area (Å²) in [5.41, 5.74) is 8.78. The third-order valence-corrected chi connectivity index (χ3v) is 2.59. The number of nitrogens with zero attached hydrogens (tertiary/aromatic N) is 2. The van der Waals surface area contributed by atoms with E-state index in [2.05, 4.69) is 22.2 Å². The molecule has 88 valence electrons. The van der Waals surface area contributed by atoms with Gasteiger partial charge in [-0.15, -0.1) is 0 Å². The molecule has 0 aliphatic carbocycles. The zero-order valence-corrected chi connectivity index (χ0v) is 9.85. The first-order valence-corrected chi connectivity index (χ1v) is 5.69. The second-order valence-corrected chi connectivity index (χ2v) is 3.73. The Morgan fingerprint density at radius 3 is 2.82 bits per heavy atom. The summed E-state index contributed by atoms with van der Waals surface area (Å²) in [5.74, 6) is 0.803. The first-order chi connectivity index (χ1) is 8.33. The van der Waals surface area contributed by atoms with Gasteiger partial charge in [-0.05, 0) is 18.1 Å².